The average Bonchev–Trinajstić information content (AvgIpc) is 2.29. The van der Waals surface area contributed by atoms with E-state index in [1.807, 2.05) is 0 Å². The van der Waals surface area contributed by atoms with Crippen LogP contribution in [0.15, 0.2) is 0 Å². The summed E-state index contributed by atoms with van der Waals surface area (Å²) in [5.74, 6) is 0. The molecule has 3 nitrogen and oxygen atoms in total. The van der Waals surface area contributed by atoms with E-state index in [0.29, 0.717) is 6.04 Å². The third-order valence-electron chi connectivity index (χ3n) is 3.74. The Morgan fingerprint density at radius 2 is 1.94 bits per heavy atom. The van der Waals surface area contributed by atoms with E-state index in [9.17, 15) is 0 Å². The van der Waals surface area contributed by atoms with Crippen molar-refractivity contribution < 1.29 is 0 Å². The Morgan fingerprint density at radius 3 is 2.44 bits per heavy atom. The number of rotatable bonds is 6. The predicted octanol–water partition coefficient (Wildman–Crippen LogP) is 1.40. The fourth-order valence-corrected chi connectivity index (χ4v) is 2.67. The molecule has 1 aliphatic rings. The minimum Gasteiger partial charge on any atom is -0.313 e. The predicted molar refractivity (Wildman–Crippen MR) is 70.9 cm³/mol. The van der Waals surface area contributed by atoms with E-state index in [1.54, 1.807) is 0 Å². The third kappa shape index (κ3) is 4.40. The first kappa shape index (κ1) is 13.9. The second kappa shape index (κ2) is 7.25. The first-order valence-electron chi connectivity index (χ1n) is 6.83. The number of nitrogens with zero attached hydrogens (tertiary/aromatic N) is 2. The summed E-state index contributed by atoms with van der Waals surface area (Å²) in [4.78, 5) is 5.10. The molecule has 0 aromatic rings. The summed E-state index contributed by atoms with van der Waals surface area (Å²) in [5.41, 5.74) is 0. The van der Waals surface area contributed by atoms with Crippen LogP contribution < -0.4 is 5.32 Å². The van der Waals surface area contributed by atoms with Gasteiger partial charge in [0.1, 0.15) is 0 Å². The van der Waals surface area contributed by atoms with Crippen molar-refractivity contribution in [1.29, 1.82) is 0 Å². The molecule has 16 heavy (non-hydrogen) atoms. The summed E-state index contributed by atoms with van der Waals surface area (Å²) in [6.45, 7) is 12.7. The molecule has 0 aromatic carbocycles. The van der Waals surface area contributed by atoms with E-state index in [1.165, 1.54) is 39.0 Å². The van der Waals surface area contributed by atoms with Crippen molar-refractivity contribution in [3.05, 3.63) is 0 Å². The standard InChI is InChI=1S/C13H29N3/c1-5-14-12(3)11-15(4)13-7-9-16(6-2)10-8-13/h12-14H,5-11H2,1-4H3. The van der Waals surface area contributed by atoms with Crippen molar-refractivity contribution in [2.45, 2.75) is 45.7 Å². The minimum atomic E-state index is 0.610. The Bertz CT molecular complexity index is 176. The SMILES string of the molecule is CCNC(C)CN(C)C1CCN(CC)CC1. The third-order valence-corrected chi connectivity index (χ3v) is 3.74. The molecule has 1 N–H and O–H groups in total. The number of hydrogen-bond acceptors (Lipinski definition) is 3. The van der Waals surface area contributed by atoms with E-state index in [4.69, 9.17) is 0 Å². The molecule has 3 heteroatoms. The topological polar surface area (TPSA) is 18.5 Å². The van der Waals surface area contributed by atoms with Gasteiger partial charge in [0.15, 0.2) is 0 Å². The van der Waals surface area contributed by atoms with Crippen LogP contribution in [0.1, 0.15) is 33.6 Å². The van der Waals surface area contributed by atoms with Gasteiger partial charge < -0.3 is 15.1 Å². The van der Waals surface area contributed by atoms with E-state index >= 15 is 0 Å². The maximum atomic E-state index is 3.48. The molecule has 0 radical (unpaired) electrons. The number of likely N-dealkylation sites (tertiary alicyclic amines) is 1. The van der Waals surface area contributed by atoms with Crippen molar-refractivity contribution >= 4 is 0 Å². The molecule has 1 heterocycles. The second-order valence-electron chi connectivity index (χ2n) is 5.06. The number of hydrogen-bond donors (Lipinski definition) is 1. The van der Waals surface area contributed by atoms with Crippen LogP contribution in [0.3, 0.4) is 0 Å². The molecule has 0 spiro atoms. The Kier molecular flexibility index (Phi) is 6.32. The number of piperidine rings is 1. The van der Waals surface area contributed by atoms with Crippen LogP contribution in [0.4, 0.5) is 0 Å². The van der Waals surface area contributed by atoms with E-state index < -0.39 is 0 Å². The highest BCUT2D eigenvalue weighted by Gasteiger charge is 2.22. The molecule has 0 bridgehead atoms. The lowest BCUT2D eigenvalue weighted by Gasteiger charge is -2.37. The number of nitrogens with one attached hydrogen (secondary N) is 1. The highest BCUT2D eigenvalue weighted by molar-refractivity contribution is 4.79. The number of likely N-dealkylation sites (N-methyl/N-ethyl adjacent to an activating group) is 2. The summed E-state index contributed by atoms with van der Waals surface area (Å²) in [5, 5.41) is 3.48. The highest BCUT2D eigenvalue weighted by Crippen LogP contribution is 2.15. The average molecular weight is 227 g/mol. The quantitative estimate of drug-likeness (QED) is 0.740. The lowest BCUT2D eigenvalue weighted by atomic mass is 10.0. The van der Waals surface area contributed by atoms with E-state index in [-0.39, 0.29) is 0 Å². The largest absolute Gasteiger partial charge is 0.313 e. The molecule has 0 saturated carbocycles. The molecule has 1 atom stereocenters. The Hall–Kier alpha value is -0.120. The van der Waals surface area contributed by atoms with Gasteiger partial charge >= 0.3 is 0 Å². The van der Waals surface area contributed by atoms with Crippen molar-refractivity contribution in [1.82, 2.24) is 15.1 Å². The summed E-state index contributed by atoms with van der Waals surface area (Å²) >= 11 is 0. The van der Waals surface area contributed by atoms with Gasteiger partial charge in [-0.3, -0.25) is 0 Å². The van der Waals surface area contributed by atoms with Crippen LogP contribution in [0.2, 0.25) is 0 Å². The lowest BCUT2D eigenvalue weighted by Crippen LogP contribution is -2.47. The van der Waals surface area contributed by atoms with Crippen molar-refractivity contribution in [3.8, 4) is 0 Å². The zero-order valence-electron chi connectivity index (χ0n) is 11.5. The van der Waals surface area contributed by atoms with E-state index in [0.717, 1.165) is 12.6 Å². The normalized spacial score (nSPS) is 21.6. The smallest absolute Gasteiger partial charge is 0.0166 e. The molecule has 1 saturated heterocycles. The van der Waals surface area contributed by atoms with E-state index in [2.05, 4.69) is 42.9 Å². The molecule has 96 valence electrons. The Morgan fingerprint density at radius 1 is 1.31 bits per heavy atom. The van der Waals surface area contributed by atoms with Crippen LogP contribution in [0.25, 0.3) is 0 Å². The first-order chi connectivity index (χ1) is 7.67. The van der Waals surface area contributed by atoms with Gasteiger partial charge in [0.05, 0.1) is 0 Å². The Labute approximate surface area is 101 Å². The zero-order valence-corrected chi connectivity index (χ0v) is 11.5. The fraction of sp³-hybridized carbons (Fsp3) is 1.00. The van der Waals surface area contributed by atoms with Crippen LogP contribution in [0.5, 0.6) is 0 Å². The van der Waals surface area contributed by atoms with Gasteiger partial charge in [-0.1, -0.05) is 13.8 Å². The van der Waals surface area contributed by atoms with Gasteiger partial charge in [0.25, 0.3) is 0 Å². The molecular formula is C13H29N3. The molecular weight excluding hydrogens is 198 g/mol. The van der Waals surface area contributed by atoms with Gasteiger partial charge in [-0.2, -0.15) is 0 Å². The van der Waals surface area contributed by atoms with Crippen LogP contribution >= 0.6 is 0 Å². The Balaban J connectivity index is 2.24. The maximum absolute atomic E-state index is 3.48. The molecule has 0 amide bonds. The van der Waals surface area contributed by atoms with Gasteiger partial charge in [-0.15, -0.1) is 0 Å². The lowest BCUT2D eigenvalue weighted by molar-refractivity contribution is 0.125. The van der Waals surface area contributed by atoms with Gasteiger partial charge in [0.2, 0.25) is 0 Å². The maximum Gasteiger partial charge on any atom is 0.0166 e. The van der Waals surface area contributed by atoms with Gasteiger partial charge in [-0.25, -0.2) is 0 Å². The second-order valence-corrected chi connectivity index (χ2v) is 5.06. The van der Waals surface area contributed by atoms with Crippen molar-refractivity contribution in [3.63, 3.8) is 0 Å². The molecule has 1 aliphatic heterocycles. The molecule has 1 unspecified atom stereocenters. The molecule has 0 aromatic heterocycles. The monoisotopic (exact) mass is 227 g/mol. The van der Waals surface area contributed by atoms with Crippen LogP contribution in [-0.2, 0) is 0 Å². The first-order valence-corrected chi connectivity index (χ1v) is 6.83. The van der Waals surface area contributed by atoms with Crippen LogP contribution in [0, 0.1) is 0 Å². The summed E-state index contributed by atoms with van der Waals surface area (Å²) in [6, 6.07) is 1.41. The molecule has 0 aliphatic carbocycles. The van der Waals surface area contributed by atoms with Gasteiger partial charge in [-0.05, 0) is 53.0 Å². The fourth-order valence-electron chi connectivity index (χ4n) is 2.67. The summed E-state index contributed by atoms with van der Waals surface area (Å²) in [6.07, 6.45) is 2.67. The summed E-state index contributed by atoms with van der Waals surface area (Å²) < 4.78 is 0. The van der Waals surface area contributed by atoms with Crippen LogP contribution in [-0.4, -0.2) is 61.7 Å². The molecule has 1 fully saturated rings. The van der Waals surface area contributed by atoms with Crippen molar-refractivity contribution in [2.24, 2.45) is 0 Å². The zero-order chi connectivity index (χ0) is 12.0. The van der Waals surface area contributed by atoms with Gasteiger partial charge in [0, 0.05) is 18.6 Å². The minimum absolute atomic E-state index is 0.610. The van der Waals surface area contributed by atoms with Crippen molar-refractivity contribution in [2.75, 3.05) is 39.8 Å². The highest BCUT2D eigenvalue weighted by atomic mass is 15.2. The summed E-state index contributed by atoms with van der Waals surface area (Å²) in [7, 11) is 2.28. The molecule has 1 rings (SSSR count).